The summed E-state index contributed by atoms with van der Waals surface area (Å²) in [6.07, 6.45) is 2.35. The van der Waals surface area contributed by atoms with E-state index in [1.54, 1.807) is 0 Å². The van der Waals surface area contributed by atoms with Gasteiger partial charge in [-0.15, -0.1) is 0 Å². The lowest BCUT2D eigenvalue weighted by Crippen LogP contribution is -2.27. The Morgan fingerprint density at radius 2 is 2.29 bits per heavy atom. The first kappa shape index (κ1) is 15.7. The number of sulfonamides is 1. The maximum absolute atomic E-state index is 12.0. The molecule has 1 aliphatic rings. The second kappa shape index (κ2) is 6.42. The van der Waals surface area contributed by atoms with Crippen LogP contribution in [0.3, 0.4) is 0 Å². The molecule has 0 aromatic heterocycles. The van der Waals surface area contributed by atoms with Crippen LogP contribution in [0.25, 0.3) is 0 Å². The number of hydrogen-bond donors (Lipinski definition) is 3. The van der Waals surface area contributed by atoms with E-state index in [9.17, 15) is 13.2 Å². The molecular formula is C13H19N3O4S. The molecule has 1 aromatic carbocycles. The van der Waals surface area contributed by atoms with Gasteiger partial charge in [-0.2, -0.15) is 0 Å². The molecule has 0 aliphatic carbocycles. The van der Waals surface area contributed by atoms with E-state index >= 15 is 0 Å². The number of anilines is 1. The Balaban J connectivity index is 2.15. The topological polar surface area (TPSA) is 111 Å². The number of amides is 1. The molecule has 4 N–H and O–H groups in total. The molecule has 1 unspecified atom stereocenters. The Morgan fingerprint density at radius 3 is 2.86 bits per heavy atom. The molecule has 21 heavy (non-hydrogen) atoms. The average molecular weight is 313 g/mol. The summed E-state index contributed by atoms with van der Waals surface area (Å²) >= 11 is 0. The third-order valence-electron chi connectivity index (χ3n) is 3.37. The highest BCUT2D eigenvalue weighted by Crippen LogP contribution is 2.27. The quantitative estimate of drug-likeness (QED) is 0.730. The zero-order valence-electron chi connectivity index (χ0n) is 11.8. The van der Waals surface area contributed by atoms with E-state index in [0.29, 0.717) is 17.9 Å². The summed E-state index contributed by atoms with van der Waals surface area (Å²) in [4.78, 5) is 11.9. The first-order valence-corrected chi connectivity index (χ1v) is 8.19. The van der Waals surface area contributed by atoms with Gasteiger partial charge in [0.15, 0.2) is 0 Å². The highest BCUT2D eigenvalue weighted by atomic mass is 32.2. The number of nitrogens with one attached hydrogen (secondary N) is 2. The van der Waals surface area contributed by atoms with Crippen molar-refractivity contribution in [1.29, 1.82) is 0 Å². The van der Waals surface area contributed by atoms with E-state index in [2.05, 4.69) is 10.6 Å². The molecule has 0 bridgehead atoms. The Labute approximate surface area is 123 Å². The van der Waals surface area contributed by atoms with Crippen molar-refractivity contribution in [1.82, 2.24) is 5.32 Å². The molecule has 1 saturated heterocycles. The number of rotatable bonds is 5. The number of nitrogens with two attached hydrogens (primary N) is 1. The highest BCUT2D eigenvalue weighted by Gasteiger charge is 2.19. The van der Waals surface area contributed by atoms with E-state index in [0.717, 1.165) is 19.4 Å². The van der Waals surface area contributed by atoms with E-state index in [1.165, 1.54) is 25.3 Å². The molecule has 2 rings (SSSR count). The fourth-order valence-corrected chi connectivity index (χ4v) is 2.86. The molecular weight excluding hydrogens is 294 g/mol. The third-order valence-corrected chi connectivity index (χ3v) is 4.28. The van der Waals surface area contributed by atoms with Gasteiger partial charge in [-0.1, -0.05) is 0 Å². The molecule has 1 aliphatic heterocycles. The molecule has 0 radical (unpaired) electrons. The number of carbonyl (C=O) groups is 1. The van der Waals surface area contributed by atoms with Gasteiger partial charge >= 0.3 is 0 Å². The fourth-order valence-electron chi connectivity index (χ4n) is 2.32. The summed E-state index contributed by atoms with van der Waals surface area (Å²) in [7, 11) is -2.38. The van der Waals surface area contributed by atoms with Crippen molar-refractivity contribution in [2.75, 3.05) is 19.0 Å². The minimum absolute atomic E-state index is 0.0717. The Morgan fingerprint density at radius 1 is 1.52 bits per heavy atom. The monoisotopic (exact) mass is 313 g/mol. The van der Waals surface area contributed by atoms with Crippen LogP contribution in [0.4, 0.5) is 5.69 Å². The van der Waals surface area contributed by atoms with Crippen LogP contribution in [0.2, 0.25) is 0 Å². The van der Waals surface area contributed by atoms with Crippen LogP contribution >= 0.6 is 0 Å². The Hall–Kier alpha value is -1.64. The van der Waals surface area contributed by atoms with Gasteiger partial charge in [0.1, 0.15) is 5.75 Å². The first-order valence-electron chi connectivity index (χ1n) is 6.64. The maximum Gasteiger partial charge on any atom is 0.238 e. The number of hydrogen-bond acceptors (Lipinski definition) is 5. The van der Waals surface area contributed by atoms with Gasteiger partial charge < -0.3 is 15.4 Å². The summed E-state index contributed by atoms with van der Waals surface area (Å²) in [6, 6.07) is 4.26. The summed E-state index contributed by atoms with van der Waals surface area (Å²) < 4.78 is 27.8. The number of carbonyl (C=O) groups excluding carboxylic acids is 1. The molecule has 7 nitrogen and oxygen atoms in total. The minimum Gasteiger partial charge on any atom is -0.495 e. The fraction of sp³-hybridized carbons (Fsp3) is 0.462. The lowest BCUT2D eigenvalue weighted by atomic mass is 10.1. The predicted octanol–water partition coefficient (Wildman–Crippen LogP) is 0.423. The van der Waals surface area contributed by atoms with Crippen LogP contribution in [0.15, 0.2) is 23.1 Å². The van der Waals surface area contributed by atoms with Crippen molar-refractivity contribution in [3.05, 3.63) is 18.2 Å². The number of ether oxygens (including phenoxy) is 1. The largest absolute Gasteiger partial charge is 0.495 e. The van der Waals surface area contributed by atoms with Gasteiger partial charge in [-0.3, -0.25) is 4.79 Å². The molecule has 116 valence electrons. The van der Waals surface area contributed by atoms with Crippen LogP contribution in [0.1, 0.15) is 19.3 Å². The van der Waals surface area contributed by atoms with Crippen LogP contribution in [0.5, 0.6) is 5.75 Å². The van der Waals surface area contributed by atoms with Crippen molar-refractivity contribution in [3.8, 4) is 5.75 Å². The zero-order chi connectivity index (χ0) is 15.5. The van der Waals surface area contributed by atoms with Gasteiger partial charge in [0, 0.05) is 12.5 Å². The lowest BCUT2D eigenvalue weighted by Gasteiger charge is -2.13. The van der Waals surface area contributed by atoms with E-state index in [4.69, 9.17) is 9.88 Å². The molecule has 1 amide bonds. The van der Waals surface area contributed by atoms with Gasteiger partial charge in [-0.05, 0) is 37.6 Å². The van der Waals surface area contributed by atoms with Crippen molar-refractivity contribution in [2.45, 2.75) is 30.2 Å². The summed E-state index contributed by atoms with van der Waals surface area (Å²) in [5.74, 6) is 0.189. The second-order valence-corrected chi connectivity index (χ2v) is 6.51. The van der Waals surface area contributed by atoms with Crippen molar-refractivity contribution < 1.29 is 17.9 Å². The molecule has 1 heterocycles. The molecule has 0 spiro atoms. The maximum atomic E-state index is 12.0. The Bertz CT molecular complexity index is 624. The van der Waals surface area contributed by atoms with E-state index < -0.39 is 10.0 Å². The smallest absolute Gasteiger partial charge is 0.238 e. The van der Waals surface area contributed by atoms with E-state index in [1.807, 2.05) is 0 Å². The van der Waals surface area contributed by atoms with Crippen LogP contribution in [-0.2, 0) is 14.8 Å². The normalized spacial score (nSPS) is 18.5. The van der Waals surface area contributed by atoms with E-state index in [-0.39, 0.29) is 16.8 Å². The molecule has 8 heteroatoms. The molecule has 1 atom stereocenters. The standard InChI is InChI=1S/C13H19N3O4S/c1-20-12-5-4-10(21(14,18)19)8-11(12)16-13(17)7-9-3-2-6-15-9/h4-5,8-9,15H,2-3,6-7H2,1H3,(H,16,17)(H2,14,18,19). The highest BCUT2D eigenvalue weighted by molar-refractivity contribution is 7.89. The van der Waals surface area contributed by atoms with Crippen molar-refractivity contribution in [3.63, 3.8) is 0 Å². The third kappa shape index (κ3) is 4.16. The van der Waals surface area contributed by atoms with Gasteiger partial charge in [-0.25, -0.2) is 13.6 Å². The van der Waals surface area contributed by atoms with Gasteiger partial charge in [0.2, 0.25) is 15.9 Å². The van der Waals surface area contributed by atoms with Crippen LogP contribution in [0, 0.1) is 0 Å². The van der Waals surface area contributed by atoms with Gasteiger partial charge in [0.05, 0.1) is 17.7 Å². The SMILES string of the molecule is COc1ccc(S(N)(=O)=O)cc1NC(=O)CC1CCCN1. The summed E-state index contributed by atoms with van der Waals surface area (Å²) in [5, 5.41) is 11.0. The second-order valence-electron chi connectivity index (χ2n) is 4.95. The van der Waals surface area contributed by atoms with Crippen LogP contribution in [-0.4, -0.2) is 34.0 Å². The number of primary sulfonamides is 1. The zero-order valence-corrected chi connectivity index (χ0v) is 12.6. The number of benzene rings is 1. The molecule has 1 aromatic rings. The summed E-state index contributed by atoms with van der Waals surface area (Å²) in [6.45, 7) is 0.919. The van der Waals surface area contributed by atoms with Crippen molar-refractivity contribution in [2.24, 2.45) is 5.14 Å². The first-order chi connectivity index (χ1) is 9.90. The number of methoxy groups -OCH3 is 1. The van der Waals surface area contributed by atoms with Crippen LogP contribution < -0.4 is 20.5 Å². The Kier molecular flexibility index (Phi) is 4.81. The summed E-state index contributed by atoms with van der Waals surface area (Å²) in [5.41, 5.74) is 0.298. The average Bonchev–Trinajstić information content (AvgIpc) is 2.90. The lowest BCUT2D eigenvalue weighted by molar-refractivity contribution is -0.116. The minimum atomic E-state index is -3.83. The van der Waals surface area contributed by atoms with Crippen molar-refractivity contribution >= 4 is 21.6 Å². The molecule has 0 saturated carbocycles. The molecule has 1 fully saturated rings. The van der Waals surface area contributed by atoms with Gasteiger partial charge in [0.25, 0.3) is 0 Å². The predicted molar refractivity (Wildman–Crippen MR) is 78.6 cm³/mol.